The maximum absolute atomic E-state index is 12.8. The largest absolute Gasteiger partial charge is 0.369 e. The quantitative estimate of drug-likeness (QED) is 0.881. The minimum absolute atomic E-state index is 0.0375. The summed E-state index contributed by atoms with van der Waals surface area (Å²) in [6.07, 6.45) is 1.74. The molecule has 7 nitrogen and oxygen atoms in total. The molecule has 1 N–H and O–H groups in total. The molecule has 8 heteroatoms. The fourth-order valence-corrected chi connectivity index (χ4v) is 3.85. The summed E-state index contributed by atoms with van der Waals surface area (Å²) in [4.78, 5) is 14.7. The van der Waals surface area contributed by atoms with Crippen LogP contribution in [-0.2, 0) is 27.5 Å². The number of rotatable bonds is 4. The predicted molar refractivity (Wildman–Crippen MR) is 96.6 cm³/mol. The molecular weight excluding hydrogens is 354 g/mol. The number of sulfone groups is 1. The van der Waals surface area contributed by atoms with Crippen LogP contribution in [0.2, 0.25) is 0 Å². The summed E-state index contributed by atoms with van der Waals surface area (Å²) in [6, 6.07) is 6.55. The molecule has 1 aliphatic rings. The lowest BCUT2D eigenvalue weighted by molar-refractivity contribution is -0.00701. The van der Waals surface area contributed by atoms with Crippen LogP contribution in [0.15, 0.2) is 29.2 Å². The minimum atomic E-state index is -3.23. The zero-order valence-corrected chi connectivity index (χ0v) is 16.1. The molecule has 0 aliphatic carbocycles. The third-order valence-corrected chi connectivity index (χ3v) is 5.68. The van der Waals surface area contributed by atoms with Crippen molar-refractivity contribution in [2.45, 2.75) is 43.9 Å². The van der Waals surface area contributed by atoms with Gasteiger partial charge in [0, 0.05) is 31.8 Å². The van der Waals surface area contributed by atoms with Gasteiger partial charge in [0.2, 0.25) is 0 Å². The molecule has 140 valence electrons. The molecule has 0 bridgehead atoms. The molecule has 0 saturated carbocycles. The van der Waals surface area contributed by atoms with Crippen molar-refractivity contribution >= 4 is 15.7 Å². The average molecular weight is 377 g/mol. The standard InChI is InChI=1S/C18H23N3O4S/c1-11-9-15-16(12(2)25-11)19-20-17(15)18(22)21(3)10-13-5-7-14(8-6-13)26(4,23)24/h5-8,11-12H,9-10H2,1-4H3,(H,19,20)/t11-,12+/m1/s1. The molecule has 0 saturated heterocycles. The number of carbonyl (C=O) groups excluding carboxylic acids is 1. The van der Waals surface area contributed by atoms with Crippen LogP contribution in [-0.4, -0.2) is 48.8 Å². The second-order valence-corrected chi connectivity index (χ2v) is 8.85. The van der Waals surface area contributed by atoms with E-state index in [1.807, 2.05) is 13.8 Å². The first kappa shape index (κ1) is 18.6. The van der Waals surface area contributed by atoms with E-state index in [2.05, 4.69) is 10.2 Å². The van der Waals surface area contributed by atoms with Crippen molar-refractivity contribution in [3.05, 3.63) is 46.8 Å². The Morgan fingerprint density at radius 2 is 1.96 bits per heavy atom. The van der Waals surface area contributed by atoms with E-state index in [0.29, 0.717) is 18.7 Å². The lowest BCUT2D eigenvalue weighted by Gasteiger charge is -2.25. The highest BCUT2D eigenvalue weighted by Gasteiger charge is 2.30. The van der Waals surface area contributed by atoms with Crippen molar-refractivity contribution < 1.29 is 17.9 Å². The van der Waals surface area contributed by atoms with Gasteiger partial charge in [0.25, 0.3) is 5.91 Å². The number of amides is 1. The number of benzene rings is 1. The monoisotopic (exact) mass is 377 g/mol. The van der Waals surface area contributed by atoms with E-state index in [0.717, 1.165) is 16.8 Å². The molecule has 1 aliphatic heterocycles. The zero-order chi connectivity index (χ0) is 19.1. The Labute approximate surface area is 153 Å². The number of ether oxygens (including phenoxy) is 1. The Morgan fingerprint density at radius 3 is 2.58 bits per heavy atom. The van der Waals surface area contributed by atoms with E-state index in [9.17, 15) is 13.2 Å². The average Bonchev–Trinajstić information content (AvgIpc) is 2.97. The first-order valence-electron chi connectivity index (χ1n) is 8.44. The Kier molecular flexibility index (Phi) is 4.90. The summed E-state index contributed by atoms with van der Waals surface area (Å²) < 4.78 is 28.8. The normalized spacial score (nSPS) is 19.8. The molecule has 0 spiro atoms. The number of H-pyrrole nitrogens is 1. The number of fused-ring (bicyclic) bond motifs is 1. The van der Waals surface area contributed by atoms with Gasteiger partial charge < -0.3 is 9.64 Å². The molecule has 2 atom stereocenters. The van der Waals surface area contributed by atoms with E-state index in [-0.39, 0.29) is 23.0 Å². The molecule has 3 rings (SSSR count). The fraction of sp³-hybridized carbons (Fsp3) is 0.444. The highest BCUT2D eigenvalue weighted by molar-refractivity contribution is 7.90. The summed E-state index contributed by atoms with van der Waals surface area (Å²) in [7, 11) is -1.52. The molecule has 1 aromatic heterocycles. The van der Waals surface area contributed by atoms with Crippen LogP contribution in [0.5, 0.6) is 0 Å². The molecule has 2 heterocycles. The van der Waals surface area contributed by atoms with Gasteiger partial charge >= 0.3 is 0 Å². The van der Waals surface area contributed by atoms with Crippen molar-refractivity contribution in [2.24, 2.45) is 0 Å². The number of hydrogen-bond acceptors (Lipinski definition) is 5. The van der Waals surface area contributed by atoms with Crippen molar-refractivity contribution in [2.75, 3.05) is 13.3 Å². The van der Waals surface area contributed by atoms with E-state index in [4.69, 9.17) is 4.74 Å². The predicted octanol–water partition coefficient (Wildman–Crippen LogP) is 2.11. The second-order valence-electron chi connectivity index (χ2n) is 6.83. The molecule has 0 radical (unpaired) electrons. The number of nitrogens with one attached hydrogen (secondary N) is 1. The Balaban J connectivity index is 1.77. The van der Waals surface area contributed by atoms with Gasteiger partial charge in [-0.1, -0.05) is 12.1 Å². The lowest BCUT2D eigenvalue weighted by atomic mass is 9.99. The number of carbonyl (C=O) groups is 1. The Bertz CT molecular complexity index is 918. The smallest absolute Gasteiger partial charge is 0.274 e. The van der Waals surface area contributed by atoms with Gasteiger partial charge in [-0.25, -0.2) is 8.42 Å². The van der Waals surface area contributed by atoms with Crippen molar-refractivity contribution in [1.82, 2.24) is 15.1 Å². The van der Waals surface area contributed by atoms with Crippen molar-refractivity contribution in [1.29, 1.82) is 0 Å². The Hall–Kier alpha value is -2.19. The molecule has 26 heavy (non-hydrogen) atoms. The van der Waals surface area contributed by atoms with E-state index >= 15 is 0 Å². The van der Waals surface area contributed by atoms with Crippen LogP contribution in [0.25, 0.3) is 0 Å². The summed E-state index contributed by atoms with van der Waals surface area (Å²) >= 11 is 0. The van der Waals surface area contributed by atoms with Gasteiger partial charge in [0.1, 0.15) is 0 Å². The van der Waals surface area contributed by atoms with Crippen LogP contribution >= 0.6 is 0 Å². The van der Waals surface area contributed by atoms with Gasteiger partial charge in [-0.3, -0.25) is 9.89 Å². The SMILES string of the molecule is C[C@@H]1Cc2c(C(=O)N(C)Cc3ccc(S(C)(=O)=O)cc3)n[nH]c2[C@H](C)O1. The van der Waals surface area contributed by atoms with E-state index in [1.165, 1.54) is 6.26 Å². The van der Waals surface area contributed by atoms with Gasteiger partial charge in [-0.15, -0.1) is 0 Å². The molecule has 1 amide bonds. The van der Waals surface area contributed by atoms with Gasteiger partial charge in [-0.2, -0.15) is 5.10 Å². The topological polar surface area (TPSA) is 92.4 Å². The van der Waals surface area contributed by atoms with Crippen molar-refractivity contribution in [3.63, 3.8) is 0 Å². The molecule has 2 aromatic rings. The summed E-state index contributed by atoms with van der Waals surface area (Å²) in [5.74, 6) is -0.170. The minimum Gasteiger partial charge on any atom is -0.369 e. The number of aromatic nitrogens is 2. The molecule has 0 fully saturated rings. The summed E-state index contributed by atoms with van der Waals surface area (Å²) in [5, 5.41) is 7.15. The van der Waals surface area contributed by atoms with Crippen LogP contribution in [0.4, 0.5) is 0 Å². The highest BCUT2D eigenvalue weighted by atomic mass is 32.2. The highest BCUT2D eigenvalue weighted by Crippen LogP contribution is 2.30. The lowest BCUT2D eigenvalue weighted by Crippen LogP contribution is -2.29. The summed E-state index contributed by atoms with van der Waals surface area (Å²) in [5.41, 5.74) is 3.05. The first-order valence-corrected chi connectivity index (χ1v) is 10.3. The number of nitrogens with zero attached hydrogens (tertiary/aromatic N) is 2. The summed E-state index contributed by atoms with van der Waals surface area (Å²) in [6.45, 7) is 4.29. The number of aromatic amines is 1. The number of hydrogen-bond donors (Lipinski definition) is 1. The van der Waals surface area contributed by atoms with E-state index < -0.39 is 9.84 Å². The van der Waals surface area contributed by atoms with Crippen molar-refractivity contribution in [3.8, 4) is 0 Å². The second kappa shape index (κ2) is 6.85. The van der Waals surface area contributed by atoms with Gasteiger partial charge in [0.05, 0.1) is 22.8 Å². The van der Waals surface area contributed by atoms with Gasteiger partial charge in [0.15, 0.2) is 15.5 Å². The van der Waals surface area contributed by atoms with Crippen LogP contribution < -0.4 is 0 Å². The Morgan fingerprint density at radius 1 is 1.31 bits per heavy atom. The third kappa shape index (κ3) is 3.66. The van der Waals surface area contributed by atoms with Crippen LogP contribution in [0, 0.1) is 0 Å². The fourth-order valence-electron chi connectivity index (χ4n) is 3.22. The zero-order valence-electron chi connectivity index (χ0n) is 15.3. The van der Waals surface area contributed by atoms with Crippen LogP contribution in [0.1, 0.15) is 47.3 Å². The third-order valence-electron chi connectivity index (χ3n) is 4.55. The maximum Gasteiger partial charge on any atom is 0.274 e. The van der Waals surface area contributed by atoms with Crippen LogP contribution in [0.3, 0.4) is 0 Å². The molecule has 0 unspecified atom stereocenters. The van der Waals surface area contributed by atoms with E-state index in [1.54, 1.807) is 36.2 Å². The molecular formula is C18H23N3O4S. The van der Waals surface area contributed by atoms with Gasteiger partial charge in [-0.05, 0) is 31.5 Å². The molecule has 1 aromatic carbocycles. The maximum atomic E-state index is 12.8. The first-order chi connectivity index (χ1) is 12.2.